The molecule has 0 aromatic carbocycles. The Morgan fingerprint density at radius 3 is 2.33 bits per heavy atom. The third kappa shape index (κ3) is 5.46. The third-order valence-corrected chi connectivity index (χ3v) is 2.30. The fourth-order valence-electron chi connectivity index (χ4n) is 0.843. The van der Waals surface area contributed by atoms with Crippen LogP contribution in [0.3, 0.4) is 0 Å². The molecule has 0 radical (unpaired) electrons. The molecule has 0 fully saturated rings. The molecule has 0 nitrogen and oxygen atoms in total. The highest BCUT2D eigenvalue weighted by molar-refractivity contribution is 14.1. The topological polar surface area (TPSA) is 0 Å². The highest BCUT2D eigenvalue weighted by Gasteiger charge is 2.17. The first-order chi connectivity index (χ1) is 4.12. The minimum atomic E-state index is 0.0654. The molecule has 0 bridgehead atoms. The lowest BCUT2D eigenvalue weighted by atomic mass is 10.0. The molecule has 56 valence electrons. The van der Waals surface area contributed by atoms with Crippen molar-refractivity contribution in [2.75, 3.05) is 4.43 Å². The van der Waals surface area contributed by atoms with Crippen molar-refractivity contribution < 1.29 is 0 Å². The van der Waals surface area contributed by atoms with Gasteiger partial charge in [-0.1, -0.05) is 35.9 Å². The number of halogens is 2. The predicted molar refractivity (Wildman–Crippen MR) is 52.7 cm³/mol. The Labute approximate surface area is 76.5 Å². The van der Waals surface area contributed by atoms with Crippen molar-refractivity contribution in [1.82, 2.24) is 0 Å². The zero-order valence-corrected chi connectivity index (χ0v) is 9.00. The van der Waals surface area contributed by atoms with Gasteiger partial charge >= 0.3 is 0 Å². The van der Waals surface area contributed by atoms with Crippen LogP contribution in [0.25, 0.3) is 0 Å². The van der Waals surface area contributed by atoms with Crippen molar-refractivity contribution in [3.05, 3.63) is 0 Å². The van der Waals surface area contributed by atoms with E-state index in [2.05, 4.69) is 36.4 Å². The Hall–Kier alpha value is 1.02. The zero-order chi connectivity index (χ0) is 7.33. The molecule has 0 spiro atoms. The highest BCUT2D eigenvalue weighted by atomic mass is 127. The molecule has 1 unspecified atom stereocenters. The minimum absolute atomic E-state index is 0.0654. The lowest BCUT2D eigenvalue weighted by molar-refractivity contribution is 0.555. The van der Waals surface area contributed by atoms with Crippen LogP contribution in [0.1, 0.15) is 33.1 Å². The second-order valence-corrected chi connectivity index (χ2v) is 4.59. The Kier molecular flexibility index (Phi) is 5.32. The first kappa shape index (κ1) is 10.0. The molecule has 0 saturated carbocycles. The molecule has 0 aromatic rings. The Bertz CT molecular complexity index is 63.3. The van der Waals surface area contributed by atoms with Crippen LogP contribution in [-0.2, 0) is 0 Å². The largest absolute Gasteiger partial charge is 0.120 e. The summed E-state index contributed by atoms with van der Waals surface area (Å²) in [7, 11) is 0. The van der Waals surface area contributed by atoms with E-state index in [1.54, 1.807) is 0 Å². The third-order valence-electron chi connectivity index (χ3n) is 1.39. The summed E-state index contributed by atoms with van der Waals surface area (Å²) in [6.07, 6.45) is 3.46. The van der Waals surface area contributed by atoms with Crippen LogP contribution in [0.5, 0.6) is 0 Å². The highest BCUT2D eigenvalue weighted by Crippen LogP contribution is 2.25. The number of rotatable bonds is 4. The molecule has 0 aliphatic rings. The molecule has 1 atom stereocenters. The Morgan fingerprint density at radius 2 is 2.00 bits per heavy atom. The fourth-order valence-corrected chi connectivity index (χ4v) is 2.64. The molecule has 0 aromatic heterocycles. The van der Waals surface area contributed by atoms with Crippen molar-refractivity contribution in [3.63, 3.8) is 0 Å². The Morgan fingerprint density at radius 1 is 1.44 bits per heavy atom. The first-order valence-electron chi connectivity index (χ1n) is 3.37. The first-order valence-corrected chi connectivity index (χ1v) is 5.27. The minimum Gasteiger partial charge on any atom is -0.120 e. The van der Waals surface area contributed by atoms with Gasteiger partial charge < -0.3 is 0 Å². The summed E-state index contributed by atoms with van der Waals surface area (Å²) in [4.78, 5) is 0.0654. The van der Waals surface area contributed by atoms with Gasteiger partial charge in [0.1, 0.15) is 0 Å². The summed E-state index contributed by atoms with van der Waals surface area (Å²) in [5.74, 6) is 0. The second-order valence-electron chi connectivity index (χ2n) is 2.60. The number of alkyl halides is 2. The van der Waals surface area contributed by atoms with Crippen molar-refractivity contribution >= 4 is 34.2 Å². The number of hydrogen-bond acceptors (Lipinski definition) is 0. The smallest absolute Gasteiger partial charge is 0.0426 e. The van der Waals surface area contributed by atoms with E-state index in [0.29, 0.717) is 0 Å². The van der Waals surface area contributed by atoms with Gasteiger partial charge in [0.05, 0.1) is 0 Å². The van der Waals surface area contributed by atoms with E-state index in [9.17, 15) is 0 Å². The summed E-state index contributed by atoms with van der Waals surface area (Å²) in [5.41, 5.74) is 0. The standard InChI is InChI=1S/C7H14ClI/c1-3-4-7(2,8)5-6-9/h3-6H2,1-2H3. The normalized spacial score (nSPS) is 17.3. The summed E-state index contributed by atoms with van der Waals surface area (Å²) >= 11 is 8.50. The van der Waals surface area contributed by atoms with Crippen molar-refractivity contribution in [2.24, 2.45) is 0 Å². The second kappa shape index (κ2) is 4.78. The van der Waals surface area contributed by atoms with Crippen LogP contribution in [0.15, 0.2) is 0 Å². The summed E-state index contributed by atoms with van der Waals surface area (Å²) < 4.78 is 1.16. The van der Waals surface area contributed by atoms with Crippen LogP contribution >= 0.6 is 34.2 Å². The van der Waals surface area contributed by atoms with Crippen LogP contribution in [0.4, 0.5) is 0 Å². The average molecular weight is 261 g/mol. The maximum atomic E-state index is 6.13. The Balaban J connectivity index is 3.43. The van der Waals surface area contributed by atoms with Gasteiger partial charge in [0.25, 0.3) is 0 Å². The summed E-state index contributed by atoms with van der Waals surface area (Å²) in [6, 6.07) is 0. The van der Waals surface area contributed by atoms with Gasteiger partial charge in [-0.25, -0.2) is 0 Å². The maximum Gasteiger partial charge on any atom is 0.0426 e. The zero-order valence-electron chi connectivity index (χ0n) is 6.08. The van der Waals surface area contributed by atoms with Crippen LogP contribution in [0, 0.1) is 0 Å². The molecule has 0 aliphatic heterocycles. The predicted octanol–water partition coefficient (Wildman–Crippen LogP) is 3.61. The van der Waals surface area contributed by atoms with Crippen LogP contribution < -0.4 is 0 Å². The quantitative estimate of drug-likeness (QED) is 0.535. The van der Waals surface area contributed by atoms with Crippen molar-refractivity contribution in [3.8, 4) is 0 Å². The van der Waals surface area contributed by atoms with E-state index >= 15 is 0 Å². The SMILES string of the molecule is CCCC(C)(Cl)CCI. The van der Waals surface area contributed by atoms with E-state index in [0.717, 1.165) is 17.3 Å². The van der Waals surface area contributed by atoms with Crippen LogP contribution in [-0.4, -0.2) is 9.30 Å². The van der Waals surface area contributed by atoms with E-state index < -0.39 is 0 Å². The molecular weight excluding hydrogens is 246 g/mol. The summed E-state index contributed by atoms with van der Waals surface area (Å²) in [5, 5.41) is 0. The van der Waals surface area contributed by atoms with Crippen LogP contribution in [0.2, 0.25) is 0 Å². The average Bonchev–Trinajstić information content (AvgIpc) is 1.64. The molecule has 2 heteroatoms. The molecule has 0 rings (SSSR count). The van der Waals surface area contributed by atoms with Gasteiger partial charge in [0.15, 0.2) is 0 Å². The van der Waals surface area contributed by atoms with Gasteiger partial charge in [-0.2, -0.15) is 0 Å². The van der Waals surface area contributed by atoms with Gasteiger partial charge in [-0.05, 0) is 19.8 Å². The van der Waals surface area contributed by atoms with Crippen molar-refractivity contribution in [2.45, 2.75) is 38.0 Å². The maximum absolute atomic E-state index is 6.13. The molecule has 0 amide bonds. The van der Waals surface area contributed by atoms with Gasteiger partial charge in [0.2, 0.25) is 0 Å². The molecule has 0 heterocycles. The van der Waals surface area contributed by atoms with E-state index in [1.807, 2.05) is 0 Å². The number of hydrogen-bond donors (Lipinski definition) is 0. The molecular formula is C7H14ClI. The van der Waals surface area contributed by atoms with Gasteiger partial charge in [0, 0.05) is 9.30 Å². The summed E-state index contributed by atoms with van der Waals surface area (Å²) in [6.45, 7) is 4.30. The van der Waals surface area contributed by atoms with Crippen molar-refractivity contribution in [1.29, 1.82) is 0 Å². The van der Waals surface area contributed by atoms with E-state index in [-0.39, 0.29) is 4.87 Å². The molecule has 0 aliphatic carbocycles. The lowest BCUT2D eigenvalue weighted by Crippen LogP contribution is -2.15. The molecule has 9 heavy (non-hydrogen) atoms. The lowest BCUT2D eigenvalue weighted by Gasteiger charge is -2.19. The van der Waals surface area contributed by atoms with E-state index in [1.165, 1.54) is 6.42 Å². The van der Waals surface area contributed by atoms with E-state index in [4.69, 9.17) is 11.6 Å². The van der Waals surface area contributed by atoms with Gasteiger partial charge in [-0.15, -0.1) is 11.6 Å². The molecule has 0 saturated heterocycles. The van der Waals surface area contributed by atoms with Gasteiger partial charge in [-0.3, -0.25) is 0 Å². The molecule has 0 N–H and O–H groups in total. The fraction of sp³-hybridized carbons (Fsp3) is 1.00. The monoisotopic (exact) mass is 260 g/mol.